The smallest absolute Gasteiger partial charge is 0.256 e. The first-order chi connectivity index (χ1) is 12.1. The largest absolute Gasteiger partial charge is 0.385 e. The fourth-order valence-corrected chi connectivity index (χ4v) is 3.98. The molecule has 0 amide bonds. The number of carbonyl (C=O) groups excluding carboxylic acids is 1. The maximum atomic E-state index is 13.2. The van der Waals surface area contributed by atoms with Crippen molar-refractivity contribution < 1.29 is 4.79 Å². The molecule has 2 atom stereocenters. The van der Waals surface area contributed by atoms with Gasteiger partial charge in [-0.1, -0.05) is 19.1 Å². The second kappa shape index (κ2) is 6.19. The van der Waals surface area contributed by atoms with E-state index in [9.17, 15) is 4.79 Å². The Bertz CT molecular complexity index is 825. The lowest BCUT2D eigenvalue weighted by molar-refractivity contribution is 0.0859. The number of nitrogen functional groups attached to an aromatic ring is 1. The lowest BCUT2D eigenvalue weighted by Gasteiger charge is -2.26. The van der Waals surface area contributed by atoms with Crippen LogP contribution in [-0.2, 0) is 19.3 Å². The molecule has 0 saturated heterocycles. The molecule has 25 heavy (non-hydrogen) atoms. The van der Waals surface area contributed by atoms with E-state index in [-0.39, 0.29) is 17.9 Å². The molecule has 1 aromatic carbocycles. The van der Waals surface area contributed by atoms with Crippen LogP contribution < -0.4 is 16.8 Å². The molecular formula is C19H25N5O. The first-order valence-corrected chi connectivity index (χ1v) is 9.11. The van der Waals surface area contributed by atoms with Crippen LogP contribution in [-0.4, -0.2) is 28.3 Å². The Kier molecular flexibility index (Phi) is 4.00. The van der Waals surface area contributed by atoms with Gasteiger partial charge in [-0.3, -0.25) is 4.79 Å². The molecular weight excluding hydrogens is 314 g/mol. The van der Waals surface area contributed by atoms with Gasteiger partial charge in [0.2, 0.25) is 0 Å². The van der Waals surface area contributed by atoms with Gasteiger partial charge in [0.05, 0.1) is 11.6 Å². The fraction of sp³-hybridized carbons (Fsp3) is 0.474. The van der Waals surface area contributed by atoms with Gasteiger partial charge in [-0.2, -0.15) is 9.78 Å². The fourth-order valence-electron chi connectivity index (χ4n) is 3.98. The maximum absolute atomic E-state index is 13.2. The zero-order chi connectivity index (χ0) is 17.6. The second-order valence-electron chi connectivity index (χ2n) is 7.11. The summed E-state index contributed by atoms with van der Waals surface area (Å²) in [5, 5.41) is 7.93. The number of nitrogens with two attached hydrogens (primary N) is 2. The van der Waals surface area contributed by atoms with Crippen molar-refractivity contribution in [1.29, 1.82) is 0 Å². The van der Waals surface area contributed by atoms with Crippen LogP contribution in [0.5, 0.6) is 0 Å². The normalized spacial score (nSPS) is 22.0. The maximum Gasteiger partial charge on any atom is 0.256 e. The van der Waals surface area contributed by atoms with E-state index in [2.05, 4.69) is 35.5 Å². The predicted octanol–water partition coefficient (Wildman–Crippen LogP) is 2.08. The molecule has 2 aliphatic rings. The van der Waals surface area contributed by atoms with Gasteiger partial charge in [-0.15, -0.1) is 0 Å². The molecule has 0 fully saturated rings. The molecule has 4 rings (SSSR count). The average Bonchev–Trinajstić information content (AvgIpc) is 2.96. The third-order valence-electron chi connectivity index (χ3n) is 5.48. The van der Waals surface area contributed by atoms with E-state index in [0.29, 0.717) is 12.2 Å². The summed E-state index contributed by atoms with van der Waals surface area (Å²) in [5.41, 5.74) is 17.6. The first-order valence-electron chi connectivity index (χ1n) is 9.11. The predicted molar refractivity (Wildman–Crippen MR) is 98.9 cm³/mol. The van der Waals surface area contributed by atoms with Crippen LogP contribution in [0.2, 0.25) is 0 Å². The Morgan fingerprint density at radius 1 is 1.40 bits per heavy atom. The number of nitrogens with one attached hydrogen (secondary N) is 1. The third kappa shape index (κ3) is 2.70. The van der Waals surface area contributed by atoms with Gasteiger partial charge in [-0.05, 0) is 49.3 Å². The molecule has 0 spiro atoms. The highest BCUT2D eigenvalue weighted by Crippen LogP contribution is 2.35. The van der Waals surface area contributed by atoms with Crippen molar-refractivity contribution in [3.63, 3.8) is 0 Å². The third-order valence-corrected chi connectivity index (χ3v) is 5.48. The standard InChI is InChI=1S/C19H25N5O/c1-2-11-3-5-16-14(9-11)13(7-8-22-16)19(25)24-18(21)15-10-12(20)4-6-17(15)23-24/h3,5,9,12-13,22H,2,4,6-8,10,20-21H2,1H3/t12-,13?/m1/s1. The highest BCUT2D eigenvalue weighted by atomic mass is 16.2. The minimum atomic E-state index is -0.208. The van der Waals surface area contributed by atoms with Gasteiger partial charge in [-0.25, -0.2) is 0 Å². The van der Waals surface area contributed by atoms with E-state index >= 15 is 0 Å². The lowest BCUT2D eigenvalue weighted by Crippen LogP contribution is -2.28. The minimum absolute atomic E-state index is 0.0310. The summed E-state index contributed by atoms with van der Waals surface area (Å²) in [7, 11) is 0. The molecule has 0 radical (unpaired) electrons. The van der Waals surface area contributed by atoms with E-state index < -0.39 is 0 Å². The zero-order valence-corrected chi connectivity index (χ0v) is 14.6. The Morgan fingerprint density at radius 2 is 2.24 bits per heavy atom. The number of aromatic nitrogens is 2. The van der Waals surface area contributed by atoms with E-state index in [1.807, 2.05) is 0 Å². The Morgan fingerprint density at radius 3 is 3.04 bits per heavy atom. The van der Waals surface area contributed by atoms with Crippen LogP contribution in [0.3, 0.4) is 0 Å². The van der Waals surface area contributed by atoms with Crippen LogP contribution >= 0.6 is 0 Å². The van der Waals surface area contributed by atoms with Crippen molar-refractivity contribution in [2.45, 2.75) is 51.0 Å². The van der Waals surface area contributed by atoms with Crippen LogP contribution in [0.25, 0.3) is 0 Å². The molecule has 132 valence electrons. The number of hydrogen-bond acceptors (Lipinski definition) is 5. The topological polar surface area (TPSA) is 99.0 Å². The van der Waals surface area contributed by atoms with Gasteiger partial charge in [0.1, 0.15) is 5.82 Å². The first kappa shape index (κ1) is 16.1. The summed E-state index contributed by atoms with van der Waals surface area (Å²) in [4.78, 5) is 13.2. The SMILES string of the molecule is CCc1ccc2c(c1)C(C(=O)n1nc3c(c1N)C[C@H](N)CC3)CCN2. The zero-order valence-electron chi connectivity index (χ0n) is 14.6. The van der Waals surface area contributed by atoms with Crippen molar-refractivity contribution in [1.82, 2.24) is 9.78 Å². The number of benzene rings is 1. The molecule has 5 N–H and O–H groups in total. The summed E-state index contributed by atoms with van der Waals surface area (Å²) in [6.45, 7) is 2.90. The van der Waals surface area contributed by atoms with E-state index in [4.69, 9.17) is 11.5 Å². The molecule has 0 bridgehead atoms. The molecule has 2 aromatic rings. The van der Waals surface area contributed by atoms with Gasteiger partial charge < -0.3 is 16.8 Å². The molecule has 1 unspecified atom stereocenters. The molecule has 6 heteroatoms. The molecule has 6 nitrogen and oxygen atoms in total. The number of hydrogen-bond donors (Lipinski definition) is 3. The van der Waals surface area contributed by atoms with E-state index in [1.165, 1.54) is 10.2 Å². The highest BCUT2D eigenvalue weighted by molar-refractivity contribution is 5.90. The lowest BCUT2D eigenvalue weighted by atomic mass is 9.88. The van der Waals surface area contributed by atoms with Crippen LogP contribution in [0, 0.1) is 0 Å². The number of nitrogens with zero attached hydrogens (tertiary/aromatic N) is 2. The molecule has 2 heterocycles. The molecule has 1 aliphatic heterocycles. The van der Waals surface area contributed by atoms with Gasteiger partial charge in [0.15, 0.2) is 0 Å². The highest BCUT2D eigenvalue weighted by Gasteiger charge is 2.32. The summed E-state index contributed by atoms with van der Waals surface area (Å²) in [6, 6.07) is 6.43. The quantitative estimate of drug-likeness (QED) is 0.778. The van der Waals surface area contributed by atoms with Crippen molar-refractivity contribution in [3.8, 4) is 0 Å². The summed E-state index contributed by atoms with van der Waals surface area (Å²) in [6.07, 6.45) is 4.10. The Balaban J connectivity index is 1.71. The number of aryl methyl sites for hydroxylation is 2. The van der Waals surface area contributed by atoms with Gasteiger partial charge >= 0.3 is 0 Å². The van der Waals surface area contributed by atoms with Crippen LogP contribution in [0.15, 0.2) is 18.2 Å². The summed E-state index contributed by atoms with van der Waals surface area (Å²) < 4.78 is 1.43. The van der Waals surface area contributed by atoms with Crippen LogP contribution in [0.4, 0.5) is 11.5 Å². The monoisotopic (exact) mass is 339 g/mol. The number of rotatable bonds is 2. The average molecular weight is 339 g/mol. The van der Waals surface area contributed by atoms with Crippen LogP contribution in [0.1, 0.15) is 52.9 Å². The van der Waals surface area contributed by atoms with Gasteiger partial charge in [0.25, 0.3) is 5.91 Å². The molecule has 1 aromatic heterocycles. The molecule has 0 saturated carbocycles. The van der Waals surface area contributed by atoms with Crippen molar-refractivity contribution in [2.75, 3.05) is 17.6 Å². The summed E-state index contributed by atoms with van der Waals surface area (Å²) >= 11 is 0. The summed E-state index contributed by atoms with van der Waals surface area (Å²) in [5.74, 6) is 0.235. The second-order valence-corrected chi connectivity index (χ2v) is 7.11. The minimum Gasteiger partial charge on any atom is -0.385 e. The number of anilines is 2. The van der Waals surface area contributed by atoms with Crippen molar-refractivity contribution in [3.05, 3.63) is 40.6 Å². The van der Waals surface area contributed by atoms with Crippen molar-refractivity contribution >= 4 is 17.4 Å². The van der Waals surface area contributed by atoms with E-state index in [1.54, 1.807) is 0 Å². The number of carbonyl (C=O) groups is 1. The Labute approximate surface area is 147 Å². The number of fused-ring (bicyclic) bond motifs is 2. The molecule has 1 aliphatic carbocycles. The Hall–Kier alpha value is -2.34. The van der Waals surface area contributed by atoms with E-state index in [0.717, 1.165) is 54.7 Å². The van der Waals surface area contributed by atoms with Crippen molar-refractivity contribution in [2.24, 2.45) is 5.73 Å². The van der Waals surface area contributed by atoms with Gasteiger partial charge in [0, 0.05) is 23.8 Å².